The van der Waals surface area contributed by atoms with Gasteiger partial charge in [0, 0.05) is 36.0 Å². The molecule has 1 unspecified atom stereocenters. The van der Waals surface area contributed by atoms with Crippen LogP contribution >= 0.6 is 0 Å². The van der Waals surface area contributed by atoms with Crippen LogP contribution in [0, 0.1) is 19.8 Å². The van der Waals surface area contributed by atoms with Crippen LogP contribution < -0.4 is 10.6 Å². The standard InChI is InChI=1S/C31H35N3O5/c1-21-14-17-32-22(2)27(21)24-8-10-26(11-9-24)33-29(35)28(25-12-15-31(16-13-25)38-18-19-39-31)34-30(36)37-20-23-6-4-3-5-7-23/h3-11,14,17,25,28H,12-13,15-16,18-20H2,1-2H3,(H,33,35)(H,34,36). The number of anilines is 1. The molecule has 204 valence electrons. The van der Waals surface area contributed by atoms with Crippen molar-refractivity contribution in [2.75, 3.05) is 18.5 Å². The molecule has 39 heavy (non-hydrogen) atoms. The van der Waals surface area contributed by atoms with Gasteiger partial charge in [-0.25, -0.2) is 4.79 Å². The summed E-state index contributed by atoms with van der Waals surface area (Å²) in [7, 11) is 0. The molecule has 1 saturated heterocycles. The van der Waals surface area contributed by atoms with Crippen LogP contribution in [-0.4, -0.2) is 42.0 Å². The molecule has 0 bridgehead atoms. The molecule has 0 radical (unpaired) electrons. The summed E-state index contributed by atoms with van der Waals surface area (Å²) < 4.78 is 17.2. The van der Waals surface area contributed by atoms with Gasteiger partial charge in [-0.2, -0.15) is 0 Å². The molecule has 1 aromatic heterocycles. The number of pyridine rings is 1. The Bertz CT molecular complexity index is 1260. The van der Waals surface area contributed by atoms with E-state index in [1.807, 2.05) is 67.6 Å². The van der Waals surface area contributed by atoms with Gasteiger partial charge in [0.15, 0.2) is 5.79 Å². The summed E-state index contributed by atoms with van der Waals surface area (Å²) in [4.78, 5) is 30.7. The lowest BCUT2D eigenvalue weighted by Gasteiger charge is -2.38. The van der Waals surface area contributed by atoms with E-state index in [1.165, 1.54) is 0 Å². The second-order valence-corrected chi connectivity index (χ2v) is 10.3. The number of amides is 2. The van der Waals surface area contributed by atoms with E-state index < -0.39 is 17.9 Å². The van der Waals surface area contributed by atoms with Gasteiger partial charge in [0.05, 0.1) is 13.2 Å². The van der Waals surface area contributed by atoms with Crippen LogP contribution in [0.25, 0.3) is 11.1 Å². The number of carbonyl (C=O) groups excluding carboxylic acids is 2. The van der Waals surface area contributed by atoms with E-state index in [2.05, 4.69) is 22.5 Å². The topological polar surface area (TPSA) is 98.8 Å². The molecular weight excluding hydrogens is 494 g/mol. The molecule has 5 rings (SSSR count). The van der Waals surface area contributed by atoms with Crippen molar-refractivity contribution >= 4 is 17.7 Å². The first-order valence-corrected chi connectivity index (χ1v) is 13.5. The number of carbonyl (C=O) groups is 2. The maximum atomic E-state index is 13.5. The predicted molar refractivity (Wildman–Crippen MR) is 148 cm³/mol. The first-order valence-electron chi connectivity index (χ1n) is 13.5. The molecule has 3 aromatic rings. The van der Waals surface area contributed by atoms with Gasteiger partial charge in [-0.3, -0.25) is 9.78 Å². The quantitative estimate of drug-likeness (QED) is 0.418. The molecule has 1 aliphatic carbocycles. The van der Waals surface area contributed by atoms with E-state index in [4.69, 9.17) is 14.2 Å². The van der Waals surface area contributed by atoms with Crippen molar-refractivity contribution in [1.29, 1.82) is 0 Å². The number of alkyl carbamates (subject to hydrolysis) is 1. The van der Waals surface area contributed by atoms with E-state index in [-0.39, 0.29) is 18.4 Å². The summed E-state index contributed by atoms with van der Waals surface area (Å²) in [6.45, 7) is 5.36. The van der Waals surface area contributed by atoms with Gasteiger partial charge in [-0.05, 0) is 67.5 Å². The smallest absolute Gasteiger partial charge is 0.408 e. The number of nitrogens with zero attached hydrogens (tertiary/aromatic N) is 1. The SMILES string of the molecule is Cc1ccnc(C)c1-c1ccc(NC(=O)C(NC(=O)OCc2ccccc2)C2CCC3(CC2)OCCO3)cc1. The lowest BCUT2D eigenvalue weighted by Crippen LogP contribution is -2.51. The molecule has 1 spiro atoms. The molecule has 8 heteroatoms. The molecular formula is C31H35N3O5. The Hall–Kier alpha value is -3.75. The molecule has 2 aliphatic rings. The fourth-order valence-corrected chi connectivity index (χ4v) is 5.56. The molecule has 2 aromatic carbocycles. The second kappa shape index (κ2) is 12.0. The monoisotopic (exact) mass is 529 g/mol. The maximum Gasteiger partial charge on any atom is 0.408 e. The highest BCUT2D eigenvalue weighted by molar-refractivity contribution is 5.97. The minimum atomic E-state index is -0.755. The number of aryl methyl sites for hydroxylation is 2. The van der Waals surface area contributed by atoms with E-state index in [1.54, 1.807) is 6.20 Å². The highest BCUT2D eigenvalue weighted by Crippen LogP contribution is 2.39. The highest BCUT2D eigenvalue weighted by atomic mass is 16.7. The van der Waals surface area contributed by atoms with Crippen molar-refractivity contribution in [2.24, 2.45) is 5.92 Å². The maximum absolute atomic E-state index is 13.5. The van der Waals surface area contributed by atoms with Gasteiger partial charge >= 0.3 is 6.09 Å². The van der Waals surface area contributed by atoms with Crippen LogP contribution in [0.5, 0.6) is 0 Å². The summed E-state index contributed by atoms with van der Waals surface area (Å²) in [6, 6.07) is 18.4. The van der Waals surface area contributed by atoms with E-state index in [0.717, 1.165) is 27.9 Å². The zero-order valence-corrected chi connectivity index (χ0v) is 22.4. The van der Waals surface area contributed by atoms with E-state index >= 15 is 0 Å². The van der Waals surface area contributed by atoms with Crippen molar-refractivity contribution in [3.63, 3.8) is 0 Å². The van der Waals surface area contributed by atoms with E-state index in [0.29, 0.717) is 44.6 Å². The summed E-state index contributed by atoms with van der Waals surface area (Å²) in [5.74, 6) is -0.904. The summed E-state index contributed by atoms with van der Waals surface area (Å²) in [6.07, 6.45) is 3.93. The Labute approximate surface area is 229 Å². The van der Waals surface area contributed by atoms with Crippen molar-refractivity contribution in [3.05, 3.63) is 83.7 Å². The third-order valence-electron chi connectivity index (χ3n) is 7.64. The van der Waals surface area contributed by atoms with E-state index in [9.17, 15) is 9.59 Å². The van der Waals surface area contributed by atoms with Crippen molar-refractivity contribution in [1.82, 2.24) is 10.3 Å². The number of ether oxygens (including phenoxy) is 3. The lowest BCUT2D eigenvalue weighted by molar-refractivity contribution is -0.184. The molecule has 2 N–H and O–H groups in total. The Balaban J connectivity index is 1.27. The third kappa shape index (κ3) is 6.46. The Morgan fingerprint density at radius 3 is 2.36 bits per heavy atom. The highest BCUT2D eigenvalue weighted by Gasteiger charge is 2.43. The van der Waals surface area contributed by atoms with Crippen molar-refractivity contribution in [2.45, 2.75) is 58.0 Å². The lowest BCUT2D eigenvalue weighted by atomic mass is 9.80. The first kappa shape index (κ1) is 26.8. The molecule has 1 saturated carbocycles. The van der Waals surface area contributed by atoms with Crippen LogP contribution in [0.15, 0.2) is 66.9 Å². The molecule has 2 amide bonds. The minimum absolute atomic E-state index is 0.0762. The fourth-order valence-electron chi connectivity index (χ4n) is 5.56. The van der Waals surface area contributed by atoms with Crippen LogP contribution in [0.4, 0.5) is 10.5 Å². The number of hydrogen-bond donors (Lipinski definition) is 2. The van der Waals surface area contributed by atoms with Gasteiger partial charge in [0.1, 0.15) is 12.6 Å². The third-order valence-corrected chi connectivity index (χ3v) is 7.64. The van der Waals surface area contributed by atoms with Gasteiger partial charge < -0.3 is 24.8 Å². The zero-order chi connectivity index (χ0) is 27.2. The molecule has 1 aliphatic heterocycles. The second-order valence-electron chi connectivity index (χ2n) is 10.3. The molecule has 2 heterocycles. The fraction of sp³-hybridized carbons (Fsp3) is 0.387. The van der Waals surface area contributed by atoms with Crippen molar-refractivity contribution < 1.29 is 23.8 Å². The summed E-state index contributed by atoms with van der Waals surface area (Å²) in [5.41, 5.74) is 5.75. The molecule has 8 nitrogen and oxygen atoms in total. The van der Waals surface area contributed by atoms with Gasteiger partial charge in [0.25, 0.3) is 0 Å². The first-order chi connectivity index (χ1) is 18.9. The van der Waals surface area contributed by atoms with Crippen LogP contribution in [0.1, 0.15) is 42.5 Å². The van der Waals surface area contributed by atoms with Crippen LogP contribution in [-0.2, 0) is 25.6 Å². The predicted octanol–water partition coefficient (Wildman–Crippen LogP) is 5.53. The van der Waals surface area contributed by atoms with Crippen LogP contribution in [0.2, 0.25) is 0 Å². The van der Waals surface area contributed by atoms with Crippen molar-refractivity contribution in [3.8, 4) is 11.1 Å². The minimum Gasteiger partial charge on any atom is -0.445 e. The average molecular weight is 530 g/mol. The number of aromatic nitrogens is 1. The normalized spacial score (nSPS) is 17.5. The van der Waals surface area contributed by atoms with Crippen LogP contribution in [0.3, 0.4) is 0 Å². The van der Waals surface area contributed by atoms with Gasteiger partial charge in [-0.15, -0.1) is 0 Å². The largest absolute Gasteiger partial charge is 0.445 e. The molecule has 2 fully saturated rings. The summed E-state index contributed by atoms with van der Waals surface area (Å²) >= 11 is 0. The zero-order valence-electron chi connectivity index (χ0n) is 22.4. The van der Waals surface area contributed by atoms with Gasteiger partial charge in [-0.1, -0.05) is 42.5 Å². The van der Waals surface area contributed by atoms with Gasteiger partial charge in [0.2, 0.25) is 5.91 Å². The Kier molecular flexibility index (Phi) is 8.24. The number of rotatable bonds is 7. The average Bonchev–Trinajstić information content (AvgIpc) is 3.40. The number of hydrogen-bond acceptors (Lipinski definition) is 6. The Morgan fingerprint density at radius 2 is 1.69 bits per heavy atom. The Morgan fingerprint density at radius 1 is 1.00 bits per heavy atom. The summed E-state index contributed by atoms with van der Waals surface area (Å²) in [5, 5.41) is 5.85. The molecule has 1 atom stereocenters. The number of benzene rings is 2. The number of nitrogens with one attached hydrogen (secondary N) is 2.